The first kappa shape index (κ1) is 18.3. The molecule has 140 valence electrons. The van der Waals surface area contributed by atoms with E-state index < -0.39 is 0 Å². The van der Waals surface area contributed by atoms with Crippen molar-refractivity contribution in [3.8, 4) is 11.6 Å². The Balaban J connectivity index is 1.50. The molecule has 27 heavy (non-hydrogen) atoms. The monoisotopic (exact) mass is 369 g/mol. The van der Waals surface area contributed by atoms with Crippen LogP contribution in [0.2, 0.25) is 0 Å². The minimum Gasteiger partial charge on any atom is -0.439 e. The van der Waals surface area contributed by atoms with Gasteiger partial charge in [0.1, 0.15) is 23.7 Å². The standard InChI is InChI=1S/C18H20FN7O/c1-20-18(23-11-16-24-12-25-26(16)2)22-10-13-6-7-17(21-9-13)27-15-5-3-4-14(19)8-15/h3-9,12H,10-11H2,1-2H3,(H2,20,22,23). The number of aromatic nitrogens is 4. The number of rotatable bonds is 6. The zero-order chi connectivity index (χ0) is 19.1. The maximum absolute atomic E-state index is 13.2. The third-order valence-electron chi connectivity index (χ3n) is 3.72. The molecule has 8 nitrogen and oxygen atoms in total. The maximum Gasteiger partial charge on any atom is 0.219 e. The Hall–Kier alpha value is -3.49. The van der Waals surface area contributed by atoms with Crippen molar-refractivity contribution in [2.75, 3.05) is 7.05 Å². The van der Waals surface area contributed by atoms with Gasteiger partial charge in [0.15, 0.2) is 5.96 Å². The molecule has 0 unspecified atom stereocenters. The summed E-state index contributed by atoms with van der Waals surface area (Å²) in [6.45, 7) is 1.04. The number of nitrogens with one attached hydrogen (secondary N) is 2. The van der Waals surface area contributed by atoms with Crippen molar-refractivity contribution in [2.24, 2.45) is 12.0 Å². The lowest BCUT2D eigenvalue weighted by Crippen LogP contribution is -2.36. The molecule has 2 heterocycles. The number of nitrogens with zero attached hydrogens (tertiary/aromatic N) is 5. The summed E-state index contributed by atoms with van der Waals surface area (Å²) < 4.78 is 20.4. The van der Waals surface area contributed by atoms with Gasteiger partial charge in [0.2, 0.25) is 5.88 Å². The second-order valence-corrected chi connectivity index (χ2v) is 5.64. The van der Waals surface area contributed by atoms with Crippen molar-refractivity contribution < 1.29 is 9.13 Å². The fraction of sp³-hybridized carbons (Fsp3) is 0.222. The summed E-state index contributed by atoms with van der Waals surface area (Å²) in [5.74, 6) is 1.89. The number of hydrogen-bond acceptors (Lipinski definition) is 5. The fourth-order valence-electron chi connectivity index (χ4n) is 2.28. The van der Waals surface area contributed by atoms with Crippen molar-refractivity contribution in [1.82, 2.24) is 30.4 Å². The summed E-state index contributed by atoms with van der Waals surface area (Å²) in [6, 6.07) is 9.54. The molecule has 0 fully saturated rings. The van der Waals surface area contributed by atoms with E-state index >= 15 is 0 Å². The van der Waals surface area contributed by atoms with E-state index in [1.165, 1.54) is 18.5 Å². The molecule has 0 atom stereocenters. The minimum atomic E-state index is -0.353. The lowest BCUT2D eigenvalue weighted by atomic mass is 10.3. The minimum absolute atomic E-state index is 0.353. The van der Waals surface area contributed by atoms with Gasteiger partial charge < -0.3 is 15.4 Å². The van der Waals surface area contributed by atoms with Crippen molar-refractivity contribution in [2.45, 2.75) is 13.1 Å². The first-order valence-corrected chi connectivity index (χ1v) is 8.30. The van der Waals surface area contributed by atoms with Gasteiger partial charge in [-0.3, -0.25) is 9.67 Å². The van der Waals surface area contributed by atoms with E-state index in [9.17, 15) is 4.39 Å². The zero-order valence-corrected chi connectivity index (χ0v) is 15.1. The van der Waals surface area contributed by atoms with Crippen LogP contribution >= 0.6 is 0 Å². The Morgan fingerprint density at radius 3 is 2.70 bits per heavy atom. The van der Waals surface area contributed by atoms with E-state index in [0.717, 1.165) is 11.4 Å². The quantitative estimate of drug-likeness (QED) is 0.510. The maximum atomic E-state index is 13.2. The predicted molar refractivity (Wildman–Crippen MR) is 98.8 cm³/mol. The molecule has 3 rings (SSSR count). The van der Waals surface area contributed by atoms with Gasteiger partial charge >= 0.3 is 0 Å². The van der Waals surface area contributed by atoms with Gasteiger partial charge in [-0.2, -0.15) is 5.10 Å². The average Bonchev–Trinajstić information content (AvgIpc) is 3.08. The van der Waals surface area contributed by atoms with Crippen LogP contribution in [0.5, 0.6) is 11.6 Å². The van der Waals surface area contributed by atoms with Crippen LogP contribution in [0.15, 0.2) is 53.9 Å². The summed E-state index contributed by atoms with van der Waals surface area (Å²) in [7, 11) is 3.53. The van der Waals surface area contributed by atoms with Crippen LogP contribution < -0.4 is 15.4 Å². The first-order chi connectivity index (χ1) is 13.1. The second kappa shape index (κ2) is 8.75. The molecule has 0 spiro atoms. The SMILES string of the molecule is CN=C(NCc1ccc(Oc2cccc(F)c2)nc1)NCc1ncnn1C. The summed E-state index contributed by atoms with van der Waals surface area (Å²) in [5, 5.41) is 10.4. The van der Waals surface area contributed by atoms with E-state index in [4.69, 9.17) is 4.74 Å². The lowest BCUT2D eigenvalue weighted by molar-refractivity contribution is 0.457. The molecule has 0 saturated heterocycles. The Morgan fingerprint density at radius 2 is 2.04 bits per heavy atom. The van der Waals surface area contributed by atoms with Crippen LogP contribution in [0.1, 0.15) is 11.4 Å². The third-order valence-corrected chi connectivity index (χ3v) is 3.72. The Labute approximate surface area is 156 Å². The normalized spacial score (nSPS) is 11.3. The number of aliphatic imine (C=N–C) groups is 1. The molecule has 2 aromatic heterocycles. The highest BCUT2D eigenvalue weighted by Gasteiger charge is 2.04. The van der Waals surface area contributed by atoms with Crippen molar-refractivity contribution in [1.29, 1.82) is 0 Å². The van der Waals surface area contributed by atoms with Crippen LogP contribution in [-0.2, 0) is 20.1 Å². The van der Waals surface area contributed by atoms with Crippen LogP contribution in [0.4, 0.5) is 4.39 Å². The van der Waals surface area contributed by atoms with Gasteiger partial charge in [-0.05, 0) is 17.7 Å². The molecule has 0 aliphatic carbocycles. The average molecular weight is 369 g/mol. The topological polar surface area (TPSA) is 89.2 Å². The highest BCUT2D eigenvalue weighted by atomic mass is 19.1. The van der Waals surface area contributed by atoms with Crippen molar-refractivity contribution >= 4 is 5.96 Å². The number of pyridine rings is 1. The molecular formula is C18H20FN7O. The highest BCUT2D eigenvalue weighted by molar-refractivity contribution is 5.79. The van der Waals surface area contributed by atoms with Crippen LogP contribution in [0.25, 0.3) is 0 Å². The highest BCUT2D eigenvalue weighted by Crippen LogP contribution is 2.19. The van der Waals surface area contributed by atoms with Crippen molar-refractivity contribution in [3.05, 3.63) is 66.1 Å². The molecule has 1 aromatic carbocycles. The Bertz CT molecular complexity index is 908. The molecule has 0 aliphatic heterocycles. The molecule has 0 radical (unpaired) electrons. The van der Waals surface area contributed by atoms with E-state index in [0.29, 0.717) is 30.7 Å². The van der Waals surface area contributed by atoms with E-state index in [-0.39, 0.29) is 5.82 Å². The molecule has 2 N–H and O–H groups in total. The largest absolute Gasteiger partial charge is 0.439 e. The van der Waals surface area contributed by atoms with Gasteiger partial charge in [-0.1, -0.05) is 12.1 Å². The van der Waals surface area contributed by atoms with Gasteiger partial charge in [0, 0.05) is 39.0 Å². The number of guanidine groups is 1. The van der Waals surface area contributed by atoms with Crippen LogP contribution in [-0.4, -0.2) is 32.8 Å². The molecule has 0 saturated carbocycles. The molecular weight excluding hydrogens is 349 g/mol. The van der Waals surface area contributed by atoms with Crippen LogP contribution in [0.3, 0.4) is 0 Å². The van der Waals surface area contributed by atoms with Gasteiger partial charge in [0.05, 0.1) is 6.54 Å². The summed E-state index contributed by atoms with van der Waals surface area (Å²) in [5.41, 5.74) is 0.947. The van der Waals surface area contributed by atoms with Gasteiger partial charge in [0.25, 0.3) is 0 Å². The molecule has 0 amide bonds. The van der Waals surface area contributed by atoms with Gasteiger partial charge in [-0.25, -0.2) is 14.4 Å². The van der Waals surface area contributed by atoms with Gasteiger partial charge in [-0.15, -0.1) is 0 Å². The summed E-state index contributed by atoms with van der Waals surface area (Å²) in [6.07, 6.45) is 3.20. The van der Waals surface area contributed by atoms with E-state index in [1.54, 1.807) is 36.1 Å². The molecule has 3 aromatic rings. The number of benzene rings is 1. The zero-order valence-electron chi connectivity index (χ0n) is 15.1. The Morgan fingerprint density at radius 1 is 1.19 bits per heavy atom. The molecule has 0 bridgehead atoms. The molecule has 9 heteroatoms. The predicted octanol–water partition coefficient (Wildman–Crippen LogP) is 2.01. The number of ether oxygens (including phenoxy) is 1. The van der Waals surface area contributed by atoms with Crippen molar-refractivity contribution in [3.63, 3.8) is 0 Å². The fourth-order valence-corrected chi connectivity index (χ4v) is 2.28. The first-order valence-electron chi connectivity index (χ1n) is 8.30. The van der Waals surface area contributed by atoms with Crippen LogP contribution in [0, 0.1) is 5.82 Å². The van der Waals surface area contributed by atoms with E-state index in [1.807, 2.05) is 13.1 Å². The number of hydrogen-bond donors (Lipinski definition) is 2. The summed E-state index contributed by atoms with van der Waals surface area (Å²) in [4.78, 5) is 12.6. The second-order valence-electron chi connectivity index (χ2n) is 5.64. The summed E-state index contributed by atoms with van der Waals surface area (Å²) >= 11 is 0. The van der Waals surface area contributed by atoms with E-state index in [2.05, 4.69) is 30.7 Å². The lowest BCUT2D eigenvalue weighted by Gasteiger charge is -2.11. The Kier molecular flexibility index (Phi) is 5.93. The number of aryl methyl sites for hydroxylation is 1. The number of halogens is 1. The molecule has 0 aliphatic rings. The third kappa shape index (κ3) is 5.24. The smallest absolute Gasteiger partial charge is 0.219 e.